The van der Waals surface area contributed by atoms with E-state index in [2.05, 4.69) is 101 Å². The maximum Gasteiger partial charge on any atom is 0.132 e. The first-order chi connectivity index (χ1) is 16.2. The molecule has 0 radical (unpaired) electrons. The highest BCUT2D eigenvalue weighted by Crippen LogP contribution is 2.44. The van der Waals surface area contributed by atoms with Crippen LogP contribution in [0.4, 0.5) is 0 Å². The predicted molar refractivity (Wildman–Crippen MR) is 133 cm³/mol. The van der Waals surface area contributed by atoms with Crippen molar-refractivity contribution in [1.29, 1.82) is 0 Å². The van der Waals surface area contributed by atoms with Crippen LogP contribution in [0.1, 0.15) is 28.9 Å². The van der Waals surface area contributed by atoms with Crippen LogP contribution >= 0.6 is 0 Å². The molecule has 1 aliphatic heterocycles. The minimum absolute atomic E-state index is 0.474. The van der Waals surface area contributed by atoms with Crippen LogP contribution in [-0.4, -0.2) is 38.8 Å². The highest BCUT2D eigenvalue weighted by Gasteiger charge is 2.44. The lowest BCUT2D eigenvalue weighted by atomic mass is 9.74. The van der Waals surface area contributed by atoms with Crippen molar-refractivity contribution in [3.63, 3.8) is 0 Å². The molecule has 2 heterocycles. The Kier molecular flexibility index (Phi) is 5.95. The van der Waals surface area contributed by atoms with Crippen molar-refractivity contribution in [3.8, 4) is 0 Å². The van der Waals surface area contributed by atoms with Crippen LogP contribution < -0.4 is 0 Å². The number of imidazole rings is 1. The van der Waals surface area contributed by atoms with Gasteiger partial charge in [-0.05, 0) is 34.8 Å². The van der Waals surface area contributed by atoms with Gasteiger partial charge in [-0.25, -0.2) is 4.98 Å². The third kappa shape index (κ3) is 3.92. The number of hydrogen-bond donors (Lipinski definition) is 1. The molecule has 0 aliphatic carbocycles. The van der Waals surface area contributed by atoms with Gasteiger partial charge in [0, 0.05) is 32.5 Å². The van der Waals surface area contributed by atoms with Crippen LogP contribution in [0.5, 0.6) is 0 Å². The number of piperidine rings is 1. The molecule has 1 aliphatic rings. The number of aliphatic hydroxyl groups is 1. The molecule has 1 saturated heterocycles. The molecule has 0 saturated carbocycles. The number of benzene rings is 3. The fourth-order valence-electron chi connectivity index (χ4n) is 5.06. The van der Waals surface area contributed by atoms with E-state index < -0.39 is 11.6 Å². The Bertz CT molecular complexity index is 1120. The smallest absolute Gasteiger partial charge is 0.132 e. The second-order valence-corrected chi connectivity index (χ2v) is 8.65. The highest BCUT2D eigenvalue weighted by atomic mass is 16.3. The number of nitrogens with zero attached hydrogens (tertiary/aromatic N) is 3. The molecule has 166 valence electrons. The van der Waals surface area contributed by atoms with Crippen LogP contribution in [0.3, 0.4) is 0 Å². The van der Waals surface area contributed by atoms with Gasteiger partial charge < -0.3 is 9.67 Å². The predicted octanol–water partition coefficient (Wildman–Crippen LogP) is 4.86. The zero-order chi connectivity index (χ0) is 22.7. The van der Waals surface area contributed by atoms with E-state index in [0.717, 1.165) is 17.9 Å². The number of aliphatic hydroxyl groups excluding tert-OH is 1. The van der Waals surface area contributed by atoms with Gasteiger partial charge >= 0.3 is 0 Å². The minimum Gasteiger partial charge on any atom is -0.389 e. The maximum absolute atomic E-state index is 10.9. The fraction of sp³-hybridized carbons (Fsp3) is 0.207. The monoisotopic (exact) mass is 435 g/mol. The summed E-state index contributed by atoms with van der Waals surface area (Å²) in [4.78, 5) is 6.97. The van der Waals surface area contributed by atoms with Crippen molar-refractivity contribution in [1.82, 2.24) is 14.5 Å². The number of likely N-dealkylation sites (tertiary alicyclic amines) is 1. The number of rotatable bonds is 5. The molecule has 4 heteroatoms. The van der Waals surface area contributed by atoms with E-state index in [-0.39, 0.29) is 0 Å². The van der Waals surface area contributed by atoms with Crippen molar-refractivity contribution in [2.45, 2.75) is 18.1 Å². The largest absolute Gasteiger partial charge is 0.389 e. The van der Waals surface area contributed by atoms with E-state index in [1.54, 1.807) is 6.20 Å². The Morgan fingerprint density at radius 1 is 0.848 bits per heavy atom. The normalized spacial score (nSPS) is 18.5. The highest BCUT2D eigenvalue weighted by molar-refractivity contribution is 5.52. The standard InChI is InChI=1S/C29H29N3O/c1-31-20-18-30-28(31)21-23-22-32(19-17-27(23)33)29(24-11-5-2-6-12-24,25-13-7-3-8-14-25)26-15-9-4-10-16-26/h2-16,18,20-21,27,33H,17,19,22H2,1H3. The number of aryl methyl sites for hydroxylation is 1. The van der Waals surface area contributed by atoms with Crippen molar-refractivity contribution >= 4 is 6.08 Å². The molecule has 1 aromatic heterocycles. The zero-order valence-electron chi connectivity index (χ0n) is 18.9. The summed E-state index contributed by atoms with van der Waals surface area (Å²) < 4.78 is 1.98. The second-order valence-electron chi connectivity index (χ2n) is 8.65. The summed E-state index contributed by atoms with van der Waals surface area (Å²) in [7, 11) is 1.98. The second kappa shape index (κ2) is 9.18. The molecule has 4 aromatic rings. The van der Waals surface area contributed by atoms with Gasteiger partial charge in [-0.2, -0.15) is 0 Å². The Labute approximate surface area is 195 Å². The van der Waals surface area contributed by atoms with E-state index in [1.807, 2.05) is 23.9 Å². The number of aromatic nitrogens is 2. The molecular weight excluding hydrogens is 406 g/mol. The molecular formula is C29H29N3O. The van der Waals surface area contributed by atoms with Crippen molar-refractivity contribution in [2.75, 3.05) is 13.1 Å². The number of hydrogen-bond acceptors (Lipinski definition) is 3. The summed E-state index contributed by atoms with van der Waals surface area (Å²) in [6.07, 6.45) is 5.97. The van der Waals surface area contributed by atoms with Gasteiger partial charge in [0.2, 0.25) is 0 Å². The third-order valence-electron chi connectivity index (χ3n) is 6.70. The van der Waals surface area contributed by atoms with E-state index >= 15 is 0 Å². The van der Waals surface area contributed by atoms with Crippen LogP contribution in [0, 0.1) is 0 Å². The van der Waals surface area contributed by atoms with E-state index in [9.17, 15) is 5.11 Å². The first-order valence-electron chi connectivity index (χ1n) is 11.5. The fourth-order valence-corrected chi connectivity index (χ4v) is 5.06. The quantitative estimate of drug-likeness (QED) is 0.455. The molecule has 1 unspecified atom stereocenters. The third-order valence-corrected chi connectivity index (χ3v) is 6.70. The molecule has 1 fully saturated rings. The van der Waals surface area contributed by atoms with Gasteiger partial charge in [0.15, 0.2) is 0 Å². The van der Waals surface area contributed by atoms with E-state index in [4.69, 9.17) is 0 Å². The van der Waals surface area contributed by atoms with Gasteiger partial charge in [0.1, 0.15) is 5.82 Å². The average molecular weight is 436 g/mol. The van der Waals surface area contributed by atoms with Gasteiger partial charge in [0.05, 0.1) is 11.6 Å². The Morgan fingerprint density at radius 2 is 1.36 bits per heavy atom. The Morgan fingerprint density at radius 3 is 1.82 bits per heavy atom. The molecule has 1 atom stereocenters. The summed E-state index contributed by atoms with van der Waals surface area (Å²) in [5, 5.41) is 10.9. The summed E-state index contributed by atoms with van der Waals surface area (Å²) in [6, 6.07) is 32.2. The van der Waals surface area contributed by atoms with Crippen LogP contribution in [0.15, 0.2) is 109 Å². The lowest BCUT2D eigenvalue weighted by molar-refractivity contribution is 0.0871. The average Bonchev–Trinajstić information content (AvgIpc) is 3.28. The summed E-state index contributed by atoms with van der Waals surface area (Å²) in [5.41, 5.74) is 4.16. The Hall–Kier alpha value is -3.47. The van der Waals surface area contributed by atoms with Crippen molar-refractivity contribution in [2.24, 2.45) is 7.05 Å². The molecule has 0 bridgehead atoms. The van der Waals surface area contributed by atoms with Gasteiger partial charge in [-0.15, -0.1) is 0 Å². The molecule has 1 N–H and O–H groups in total. The zero-order valence-corrected chi connectivity index (χ0v) is 18.9. The van der Waals surface area contributed by atoms with Crippen molar-refractivity contribution < 1.29 is 5.11 Å². The SMILES string of the molecule is Cn1ccnc1C=C1CN(C(c2ccccc2)(c2ccccc2)c2ccccc2)CCC1O. The topological polar surface area (TPSA) is 41.3 Å². The maximum atomic E-state index is 10.9. The molecule has 4 nitrogen and oxygen atoms in total. The lowest BCUT2D eigenvalue weighted by Crippen LogP contribution is -2.52. The van der Waals surface area contributed by atoms with Gasteiger partial charge in [-0.1, -0.05) is 91.0 Å². The van der Waals surface area contributed by atoms with Gasteiger partial charge in [-0.3, -0.25) is 4.90 Å². The van der Waals surface area contributed by atoms with Crippen LogP contribution in [0.25, 0.3) is 6.08 Å². The molecule has 5 rings (SSSR count). The van der Waals surface area contributed by atoms with Gasteiger partial charge in [0.25, 0.3) is 0 Å². The van der Waals surface area contributed by atoms with Crippen molar-refractivity contribution in [3.05, 3.63) is 131 Å². The minimum atomic E-state index is -0.482. The first-order valence-corrected chi connectivity index (χ1v) is 11.5. The molecule has 3 aromatic carbocycles. The van der Waals surface area contributed by atoms with E-state index in [1.165, 1.54) is 16.7 Å². The van der Waals surface area contributed by atoms with E-state index in [0.29, 0.717) is 13.0 Å². The summed E-state index contributed by atoms with van der Waals surface area (Å²) in [6.45, 7) is 1.42. The lowest BCUT2D eigenvalue weighted by Gasteiger charge is -2.48. The Balaban J connectivity index is 1.71. The molecule has 0 amide bonds. The first kappa shape index (κ1) is 21.4. The van der Waals surface area contributed by atoms with Crippen LogP contribution in [-0.2, 0) is 12.6 Å². The summed E-state index contributed by atoms with van der Waals surface area (Å²) >= 11 is 0. The molecule has 0 spiro atoms. The van der Waals surface area contributed by atoms with Crippen LogP contribution in [0.2, 0.25) is 0 Å². The molecule has 33 heavy (non-hydrogen) atoms. The summed E-state index contributed by atoms with van der Waals surface area (Å²) in [5.74, 6) is 0.857.